The first-order valence-electron chi connectivity index (χ1n) is 2.55. The average Bonchev–Trinajstić information content (AvgIpc) is 1.84. The Balaban J connectivity index is -0.000000720. The number of halogens is 11. The van der Waals surface area contributed by atoms with Gasteiger partial charge in [-0.2, -0.15) is 30.7 Å². The lowest BCUT2D eigenvalue weighted by atomic mass is 10.2. The third kappa shape index (κ3) is 3.96. The Labute approximate surface area is 112 Å². The molecule has 0 spiro atoms. The highest BCUT2D eigenvalue weighted by molar-refractivity contribution is 4.92. The Kier molecular flexibility index (Phi) is 8.39. The fourth-order valence-electron chi connectivity index (χ4n) is 0.326. The Bertz CT molecular complexity index is 185. The number of rotatable bonds is 2. The van der Waals surface area contributed by atoms with Crippen molar-refractivity contribution in [2.24, 2.45) is 0 Å². The highest BCUT2D eigenvalue weighted by atomic mass is 127. The molecule has 0 N–H and O–H groups in total. The molecule has 0 saturated carbocycles. The van der Waals surface area contributed by atoms with E-state index >= 15 is 0 Å². The summed E-state index contributed by atoms with van der Waals surface area (Å²) in [5.74, 6) is -13.1. The van der Waals surface area contributed by atoms with E-state index in [9.17, 15) is 39.5 Å². The molecule has 11 heteroatoms. The molecular formula is C4HF9I2-2. The van der Waals surface area contributed by atoms with Crippen molar-refractivity contribution in [3.05, 3.63) is 0 Å². The number of hydrogen-bond acceptors (Lipinski definition) is 0. The summed E-state index contributed by atoms with van der Waals surface area (Å²) in [4.78, 5) is 0. The van der Waals surface area contributed by atoms with Crippen molar-refractivity contribution >= 4 is 0 Å². The van der Waals surface area contributed by atoms with Gasteiger partial charge >= 0.3 is 24.4 Å². The summed E-state index contributed by atoms with van der Waals surface area (Å²) < 4.78 is 102. The molecule has 0 saturated heterocycles. The molecule has 0 aliphatic heterocycles. The summed E-state index contributed by atoms with van der Waals surface area (Å²) in [6.45, 7) is 0. The van der Waals surface area contributed by atoms with E-state index in [2.05, 4.69) is 0 Å². The molecule has 0 aliphatic rings. The zero-order valence-electron chi connectivity index (χ0n) is 6.23. The predicted molar refractivity (Wildman–Crippen MR) is 22.0 cm³/mol. The maximum absolute atomic E-state index is 11.6. The van der Waals surface area contributed by atoms with Crippen LogP contribution in [0.5, 0.6) is 0 Å². The molecule has 0 unspecified atom stereocenters. The van der Waals surface area contributed by atoms with E-state index in [0.29, 0.717) is 0 Å². The second-order valence-electron chi connectivity index (χ2n) is 2.00. The fourth-order valence-corrected chi connectivity index (χ4v) is 0.326. The Morgan fingerprint density at radius 3 is 1.00 bits per heavy atom. The van der Waals surface area contributed by atoms with E-state index in [0.717, 1.165) is 0 Å². The standard InChI is InChI=1S/C4HF9.2HI/c5-1(6)2(7,8)3(9,10)4(11,12)13;;/h1H;2*1H/p-2. The average molecular weight is 474 g/mol. The van der Waals surface area contributed by atoms with Gasteiger partial charge in [0.25, 0.3) is 0 Å². The number of alkyl halides is 9. The molecule has 0 amide bonds. The van der Waals surface area contributed by atoms with Crippen LogP contribution in [0.3, 0.4) is 0 Å². The van der Waals surface area contributed by atoms with Crippen molar-refractivity contribution in [3.8, 4) is 0 Å². The smallest absolute Gasteiger partial charge is 0.460 e. The van der Waals surface area contributed by atoms with Gasteiger partial charge in [0.2, 0.25) is 0 Å². The molecule has 0 atom stereocenters. The van der Waals surface area contributed by atoms with Gasteiger partial charge < -0.3 is 48.0 Å². The first-order valence-corrected chi connectivity index (χ1v) is 2.55. The number of hydrogen-bond donors (Lipinski definition) is 0. The van der Waals surface area contributed by atoms with Crippen LogP contribution in [0.2, 0.25) is 0 Å². The Morgan fingerprint density at radius 1 is 0.667 bits per heavy atom. The third-order valence-corrected chi connectivity index (χ3v) is 1.05. The van der Waals surface area contributed by atoms with Gasteiger partial charge in [-0.1, -0.05) is 0 Å². The second kappa shape index (κ2) is 5.95. The van der Waals surface area contributed by atoms with Crippen LogP contribution < -0.4 is 48.0 Å². The molecular weight excluding hydrogens is 473 g/mol. The minimum atomic E-state index is -6.73. The SMILES string of the molecule is FC(F)C(F)(F)C(F)(F)C(F)(F)F.[I-].[I-]. The molecule has 0 bridgehead atoms. The topological polar surface area (TPSA) is 0 Å². The van der Waals surface area contributed by atoms with Crippen LogP contribution in [0.1, 0.15) is 0 Å². The van der Waals surface area contributed by atoms with E-state index in [1.165, 1.54) is 0 Å². The van der Waals surface area contributed by atoms with Gasteiger partial charge in [-0.25, -0.2) is 8.78 Å². The quantitative estimate of drug-likeness (QED) is 0.298. The fraction of sp³-hybridized carbons (Fsp3) is 1.00. The van der Waals surface area contributed by atoms with Crippen molar-refractivity contribution < 1.29 is 87.5 Å². The predicted octanol–water partition coefficient (Wildman–Crippen LogP) is -2.91. The van der Waals surface area contributed by atoms with Crippen LogP contribution in [0.4, 0.5) is 39.5 Å². The van der Waals surface area contributed by atoms with Crippen LogP contribution in [0.15, 0.2) is 0 Å². The second-order valence-corrected chi connectivity index (χ2v) is 2.00. The molecule has 0 nitrogen and oxygen atoms in total. The van der Waals surface area contributed by atoms with Crippen molar-refractivity contribution in [1.82, 2.24) is 0 Å². The molecule has 0 rings (SSSR count). The molecule has 96 valence electrons. The molecule has 0 fully saturated rings. The van der Waals surface area contributed by atoms with Gasteiger partial charge in [-0.3, -0.25) is 0 Å². The first-order chi connectivity index (χ1) is 5.44. The van der Waals surface area contributed by atoms with E-state index in [4.69, 9.17) is 0 Å². The van der Waals surface area contributed by atoms with Gasteiger partial charge in [0.1, 0.15) is 0 Å². The first kappa shape index (κ1) is 21.1. The summed E-state index contributed by atoms with van der Waals surface area (Å²) in [6, 6.07) is 0. The normalized spacial score (nSPS) is 13.2. The van der Waals surface area contributed by atoms with Gasteiger partial charge in [-0.15, -0.1) is 0 Å². The largest absolute Gasteiger partial charge is 1.00 e. The van der Waals surface area contributed by atoms with Crippen molar-refractivity contribution in [1.29, 1.82) is 0 Å². The van der Waals surface area contributed by atoms with Crippen molar-refractivity contribution in [3.63, 3.8) is 0 Å². The van der Waals surface area contributed by atoms with Gasteiger partial charge in [0.15, 0.2) is 0 Å². The minimum Gasteiger partial charge on any atom is -1.00 e. The summed E-state index contributed by atoms with van der Waals surface area (Å²) in [5, 5.41) is 0. The van der Waals surface area contributed by atoms with Crippen LogP contribution in [-0.2, 0) is 0 Å². The monoisotopic (exact) mass is 474 g/mol. The van der Waals surface area contributed by atoms with E-state index in [-0.39, 0.29) is 48.0 Å². The zero-order chi connectivity index (χ0) is 11.1. The Hall–Kier alpha value is 0.830. The molecule has 0 aromatic heterocycles. The molecule has 0 radical (unpaired) electrons. The molecule has 0 heterocycles. The summed E-state index contributed by atoms with van der Waals surface area (Å²) in [7, 11) is 0. The molecule has 15 heavy (non-hydrogen) atoms. The third-order valence-electron chi connectivity index (χ3n) is 1.05. The minimum absolute atomic E-state index is 0. The van der Waals surface area contributed by atoms with Crippen LogP contribution >= 0.6 is 0 Å². The summed E-state index contributed by atoms with van der Waals surface area (Å²) in [5.41, 5.74) is 0. The maximum atomic E-state index is 11.6. The lowest BCUT2D eigenvalue weighted by Crippen LogP contribution is -3.00. The zero-order valence-corrected chi connectivity index (χ0v) is 10.5. The lowest BCUT2D eigenvalue weighted by Gasteiger charge is -2.27. The molecule has 0 aromatic carbocycles. The highest BCUT2D eigenvalue weighted by Gasteiger charge is 2.76. The van der Waals surface area contributed by atoms with E-state index < -0.39 is 24.4 Å². The lowest BCUT2D eigenvalue weighted by molar-refractivity contribution is -0.375. The molecule has 0 aliphatic carbocycles. The van der Waals surface area contributed by atoms with Gasteiger partial charge in [0, 0.05) is 0 Å². The summed E-state index contributed by atoms with van der Waals surface area (Å²) in [6.07, 6.45) is -11.8. The van der Waals surface area contributed by atoms with Gasteiger partial charge in [-0.05, 0) is 0 Å². The van der Waals surface area contributed by atoms with Crippen LogP contribution in [0, 0.1) is 0 Å². The summed E-state index contributed by atoms with van der Waals surface area (Å²) >= 11 is 0. The van der Waals surface area contributed by atoms with Crippen molar-refractivity contribution in [2.45, 2.75) is 24.4 Å². The van der Waals surface area contributed by atoms with Crippen molar-refractivity contribution in [2.75, 3.05) is 0 Å². The molecule has 0 aromatic rings. The van der Waals surface area contributed by atoms with E-state index in [1.807, 2.05) is 0 Å². The van der Waals surface area contributed by atoms with Crippen LogP contribution in [-0.4, -0.2) is 24.4 Å². The van der Waals surface area contributed by atoms with E-state index in [1.54, 1.807) is 0 Å². The van der Waals surface area contributed by atoms with Gasteiger partial charge in [0.05, 0.1) is 0 Å². The maximum Gasteiger partial charge on any atom is 0.460 e. The highest BCUT2D eigenvalue weighted by Crippen LogP contribution is 2.48. The van der Waals surface area contributed by atoms with Crippen LogP contribution in [0.25, 0.3) is 0 Å². The Morgan fingerprint density at radius 2 is 0.933 bits per heavy atom.